The zero-order valence-corrected chi connectivity index (χ0v) is 20.3. The van der Waals surface area contributed by atoms with Crippen LogP contribution in [0.5, 0.6) is 0 Å². The minimum Gasteiger partial charge on any atom is -0.353 e. The van der Waals surface area contributed by atoms with Crippen LogP contribution < -0.4 is 16.0 Å². The van der Waals surface area contributed by atoms with Gasteiger partial charge < -0.3 is 10.6 Å². The number of carbonyl (C=O) groups excluding carboxylic acids is 2. The van der Waals surface area contributed by atoms with E-state index in [1.807, 2.05) is 0 Å². The maximum atomic E-state index is 13.1. The van der Waals surface area contributed by atoms with E-state index in [9.17, 15) is 9.59 Å². The molecule has 3 aliphatic heterocycles. The monoisotopic (exact) mass is 468 g/mol. The number of carbonyl (C=O) groups is 2. The van der Waals surface area contributed by atoms with Crippen molar-refractivity contribution in [2.45, 2.75) is 81.9 Å². The number of likely N-dealkylation sites (tertiary alicyclic amines) is 1. The van der Waals surface area contributed by atoms with Crippen molar-refractivity contribution in [1.82, 2.24) is 20.9 Å². The molecule has 33 heavy (non-hydrogen) atoms. The third-order valence-electron chi connectivity index (χ3n) is 7.63. The van der Waals surface area contributed by atoms with Crippen LogP contribution in [0.15, 0.2) is 29.7 Å². The van der Waals surface area contributed by atoms with Crippen molar-refractivity contribution in [2.75, 3.05) is 13.1 Å². The fourth-order valence-corrected chi connectivity index (χ4v) is 6.82. The molecule has 0 aromatic heterocycles. The molecule has 2 saturated heterocycles. The number of aryl methyl sites for hydroxylation is 1. The van der Waals surface area contributed by atoms with Crippen molar-refractivity contribution in [3.05, 3.63) is 40.8 Å². The Morgan fingerprint density at radius 3 is 2.58 bits per heavy atom. The lowest BCUT2D eigenvalue weighted by molar-refractivity contribution is -0.129. The first kappa shape index (κ1) is 22.9. The number of amides is 2. The first-order valence-electron chi connectivity index (χ1n) is 12.6. The van der Waals surface area contributed by atoms with Crippen LogP contribution in [-0.2, 0) is 9.59 Å². The van der Waals surface area contributed by atoms with E-state index in [0.717, 1.165) is 32.2 Å². The highest BCUT2D eigenvalue weighted by Gasteiger charge is 2.44. The molecule has 3 heterocycles. The van der Waals surface area contributed by atoms with Crippen LogP contribution in [-0.4, -0.2) is 53.4 Å². The quantitative estimate of drug-likeness (QED) is 0.591. The predicted molar refractivity (Wildman–Crippen MR) is 133 cm³/mol. The van der Waals surface area contributed by atoms with Gasteiger partial charge in [0.25, 0.3) is 0 Å². The van der Waals surface area contributed by atoms with Gasteiger partial charge in [-0.25, -0.2) is 0 Å². The number of benzene rings is 1. The molecule has 0 spiro atoms. The van der Waals surface area contributed by atoms with E-state index >= 15 is 0 Å². The maximum absolute atomic E-state index is 13.1. The minimum atomic E-state index is -0.236. The lowest BCUT2D eigenvalue weighted by Crippen LogP contribution is -2.69. The number of piperidine rings is 1. The molecule has 0 bridgehead atoms. The fourth-order valence-electron chi connectivity index (χ4n) is 5.67. The van der Waals surface area contributed by atoms with Crippen molar-refractivity contribution in [3.8, 4) is 0 Å². The van der Waals surface area contributed by atoms with Crippen molar-refractivity contribution in [1.29, 1.82) is 0 Å². The maximum Gasteiger partial charge on any atom is 0.237 e. The zero-order valence-electron chi connectivity index (χ0n) is 19.5. The molecule has 5 rings (SSSR count). The second-order valence-electron chi connectivity index (χ2n) is 10.1. The average Bonchev–Trinajstić information content (AvgIpc) is 3.09. The van der Waals surface area contributed by atoms with Gasteiger partial charge in [0.1, 0.15) is 11.5 Å². The summed E-state index contributed by atoms with van der Waals surface area (Å²) in [5.74, 6) is 0.268. The normalized spacial score (nSPS) is 31.3. The Hall–Kier alpha value is -1.83. The van der Waals surface area contributed by atoms with E-state index in [-0.39, 0.29) is 35.3 Å². The van der Waals surface area contributed by atoms with Gasteiger partial charge in [-0.3, -0.25) is 19.8 Å². The van der Waals surface area contributed by atoms with Gasteiger partial charge in [-0.2, -0.15) is 0 Å². The molecule has 3 N–H and O–H groups in total. The second kappa shape index (κ2) is 10.2. The van der Waals surface area contributed by atoms with Gasteiger partial charge in [0.2, 0.25) is 11.8 Å². The Kier molecular flexibility index (Phi) is 7.09. The number of fused-ring (bicyclic) bond motifs is 1. The topological polar surface area (TPSA) is 73.5 Å². The van der Waals surface area contributed by atoms with E-state index in [1.165, 1.54) is 42.4 Å². The van der Waals surface area contributed by atoms with Crippen LogP contribution in [0.3, 0.4) is 0 Å². The molecule has 178 valence electrons. The van der Waals surface area contributed by atoms with Gasteiger partial charge in [-0.05, 0) is 49.2 Å². The first-order chi connectivity index (χ1) is 16.1. The third kappa shape index (κ3) is 5.15. The Bertz CT molecular complexity index is 894. The van der Waals surface area contributed by atoms with Crippen LogP contribution in [0, 0.1) is 12.8 Å². The van der Waals surface area contributed by atoms with Crippen molar-refractivity contribution in [3.63, 3.8) is 0 Å². The molecule has 4 unspecified atom stereocenters. The van der Waals surface area contributed by atoms with Crippen LogP contribution in [0.2, 0.25) is 0 Å². The Morgan fingerprint density at radius 1 is 1.06 bits per heavy atom. The Morgan fingerprint density at radius 2 is 1.82 bits per heavy atom. The van der Waals surface area contributed by atoms with Crippen molar-refractivity contribution in [2.24, 2.45) is 5.92 Å². The van der Waals surface area contributed by atoms with E-state index in [0.29, 0.717) is 12.6 Å². The molecule has 6 nitrogen and oxygen atoms in total. The average molecular weight is 469 g/mol. The standard InChI is InChI=1S/C26H36N4O2S/c1-17-10-12-18(13-11-17)21-16-33-23-22(21)28-26(29-25(23)32)30-14-6-7-19(15-30)24(31)27-20-8-4-2-3-5-9-20/h10-13,16,19-20,22-23,26,28H,2-9,14-15H2,1H3,(H,27,31)(H,29,32). The molecule has 2 amide bonds. The molecule has 0 radical (unpaired) electrons. The third-order valence-corrected chi connectivity index (χ3v) is 8.80. The van der Waals surface area contributed by atoms with Gasteiger partial charge in [0.15, 0.2) is 0 Å². The van der Waals surface area contributed by atoms with Gasteiger partial charge >= 0.3 is 0 Å². The van der Waals surface area contributed by atoms with E-state index in [1.54, 1.807) is 11.8 Å². The SMILES string of the molecule is Cc1ccc(C2=CSC3C(=O)NC(N4CCCC(C(=O)NC5CCCCCC5)C4)NC23)cc1. The molecule has 1 aromatic carbocycles. The van der Waals surface area contributed by atoms with Crippen LogP contribution >= 0.6 is 11.8 Å². The van der Waals surface area contributed by atoms with Gasteiger partial charge in [0, 0.05) is 19.1 Å². The highest BCUT2D eigenvalue weighted by Crippen LogP contribution is 2.38. The molecule has 3 fully saturated rings. The minimum absolute atomic E-state index is 0.0107. The molecule has 7 heteroatoms. The molecule has 4 aliphatic rings. The number of nitrogens with one attached hydrogen (secondary N) is 3. The molecule has 1 aromatic rings. The summed E-state index contributed by atoms with van der Waals surface area (Å²) in [5.41, 5.74) is 3.58. The summed E-state index contributed by atoms with van der Waals surface area (Å²) in [7, 11) is 0. The highest BCUT2D eigenvalue weighted by molar-refractivity contribution is 8.04. The lowest BCUT2D eigenvalue weighted by Gasteiger charge is -2.43. The Labute approximate surface area is 201 Å². The van der Waals surface area contributed by atoms with Crippen LogP contribution in [0.25, 0.3) is 5.57 Å². The summed E-state index contributed by atoms with van der Waals surface area (Å²) in [6.07, 6.45) is 8.89. The molecular weight excluding hydrogens is 432 g/mol. The number of thioether (sulfide) groups is 1. The van der Waals surface area contributed by atoms with Crippen molar-refractivity contribution < 1.29 is 9.59 Å². The van der Waals surface area contributed by atoms with E-state index < -0.39 is 0 Å². The summed E-state index contributed by atoms with van der Waals surface area (Å²) >= 11 is 1.60. The van der Waals surface area contributed by atoms with Crippen molar-refractivity contribution >= 4 is 29.1 Å². The molecule has 1 aliphatic carbocycles. The molecule has 4 atom stereocenters. The first-order valence-corrected chi connectivity index (χ1v) is 13.6. The summed E-state index contributed by atoms with van der Waals surface area (Å²) in [6, 6.07) is 8.84. The number of hydrogen-bond acceptors (Lipinski definition) is 5. The van der Waals surface area contributed by atoms with Crippen LogP contribution in [0.4, 0.5) is 0 Å². The largest absolute Gasteiger partial charge is 0.353 e. The predicted octanol–water partition coefficient (Wildman–Crippen LogP) is 3.37. The lowest BCUT2D eigenvalue weighted by atomic mass is 9.94. The van der Waals surface area contributed by atoms with Gasteiger partial charge in [0.05, 0.1) is 12.0 Å². The van der Waals surface area contributed by atoms with Gasteiger partial charge in [-0.15, -0.1) is 11.8 Å². The number of hydrogen-bond donors (Lipinski definition) is 3. The number of rotatable bonds is 4. The summed E-state index contributed by atoms with van der Waals surface area (Å²) in [4.78, 5) is 28.3. The summed E-state index contributed by atoms with van der Waals surface area (Å²) < 4.78 is 0. The molecule has 1 saturated carbocycles. The smallest absolute Gasteiger partial charge is 0.237 e. The fraction of sp³-hybridized carbons (Fsp3) is 0.615. The zero-order chi connectivity index (χ0) is 22.8. The molecular formula is C26H36N4O2S. The highest BCUT2D eigenvalue weighted by atomic mass is 32.2. The second-order valence-corrected chi connectivity index (χ2v) is 11.1. The van der Waals surface area contributed by atoms with E-state index in [4.69, 9.17) is 0 Å². The number of nitrogens with zero attached hydrogens (tertiary/aromatic N) is 1. The Balaban J connectivity index is 1.23. The van der Waals surface area contributed by atoms with Crippen LogP contribution in [0.1, 0.15) is 62.5 Å². The summed E-state index contributed by atoms with van der Waals surface area (Å²) in [6.45, 7) is 3.66. The summed E-state index contributed by atoms with van der Waals surface area (Å²) in [5, 5.41) is 12.2. The van der Waals surface area contributed by atoms with Gasteiger partial charge in [-0.1, -0.05) is 55.5 Å². The van der Waals surface area contributed by atoms with E-state index in [2.05, 4.69) is 57.4 Å².